The summed E-state index contributed by atoms with van der Waals surface area (Å²) in [6, 6.07) is 13.5. The molecule has 0 bridgehead atoms. The van der Waals surface area contributed by atoms with Gasteiger partial charge in [0, 0.05) is 17.8 Å². The molecule has 0 radical (unpaired) electrons. The second-order valence-corrected chi connectivity index (χ2v) is 7.94. The highest BCUT2D eigenvalue weighted by molar-refractivity contribution is 5.97. The van der Waals surface area contributed by atoms with Crippen molar-refractivity contribution in [3.8, 4) is 0 Å². The Bertz CT molecular complexity index is 1530. The third-order valence-electron chi connectivity index (χ3n) is 5.22. The van der Waals surface area contributed by atoms with Crippen molar-refractivity contribution in [2.24, 2.45) is 4.99 Å². The van der Waals surface area contributed by atoms with Gasteiger partial charge in [-0.2, -0.15) is 4.99 Å². The second kappa shape index (κ2) is 8.82. The average molecular weight is 444 g/mol. The normalized spacial score (nSPS) is 12.0. The summed E-state index contributed by atoms with van der Waals surface area (Å²) in [5, 5.41) is 0.234. The van der Waals surface area contributed by atoms with E-state index in [1.54, 1.807) is 54.1 Å². The quantitative estimate of drug-likeness (QED) is 0.355. The van der Waals surface area contributed by atoms with Gasteiger partial charge in [-0.05, 0) is 58.0 Å². The minimum absolute atomic E-state index is 0.0360. The highest BCUT2D eigenvalue weighted by Crippen LogP contribution is 2.16. The van der Waals surface area contributed by atoms with Crippen molar-refractivity contribution in [1.29, 1.82) is 0 Å². The van der Waals surface area contributed by atoms with Crippen molar-refractivity contribution in [2.75, 3.05) is 6.61 Å². The summed E-state index contributed by atoms with van der Waals surface area (Å²) in [6.45, 7) is 7.46. The van der Waals surface area contributed by atoms with Crippen LogP contribution in [0.25, 0.3) is 16.7 Å². The Kier molecular flexibility index (Phi) is 5.91. The lowest BCUT2D eigenvalue weighted by molar-refractivity contribution is 0.0523. The molecule has 3 heterocycles. The molecule has 8 heteroatoms. The Morgan fingerprint density at radius 2 is 1.91 bits per heavy atom. The highest BCUT2D eigenvalue weighted by Gasteiger charge is 2.21. The van der Waals surface area contributed by atoms with Gasteiger partial charge in [-0.15, -0.1) is 0 Å². The highest BCUT2D eigenvalue weighted by atomic mass is 16.5. The molecule has 0 atom stereocenters. The average Bonchev–Trinajstić information content (AvgIpc) is 2.78. The number of nitrogens with zero attached hydrogens (tertiary/aromatic N) is 4. The lowest BCUT2D eigenvalue weighted by atomic mass is 10.1. The van der Waals surface area contributed by atoms with E-state index >= 15 is 0 Å². The van der Waals surface area contributed by atoms with Crippen LogP contribution < -0.4 is 11.0 Å². The summed E-state index contributed by atoms with van der Waals surface area (Å²) < 4.78 is 8.29. The van der Waals surface area contributed by atoms with Crippen LogP contribution in [0.2, 0.25) is 0 Å². The summed E-state index contributed by atoms with van der Waals surface area (Å²) in [5.74, 6) is -1.17. The Balaban J connectivity index is 2.15. The Labute approximate surface area is 189 Å². The molecule has 33 heavy (non-hydrogen) atoms. The van der Waals surface area contributed by atoms with Crippen LogP contribution in [0.3, 0.4) is 0 Å². The fraction of sp³-hybridized carbons (Fsp3) is 0.240. The number of carbonyl (C=O) groups excluding carboxylic acids is 2. The van der Waals surface area contributed by atoms with E-state index < -0.39 is 11.9 Å². The number of benzene rings is 1. The molecular weight excluding hydrogens is 420 g/mol. The minimum atomic E-state index is -0.665. The topological polar surface area (TPSA) is 95.0 Å². The van der Waals surface area contributed by atoms with Gasteiger partial charge in [0.15, 0.2) is 5.49 Å². The van der Waals surface area contributed by atoms with Crippen molar-refractivity contribution >= 4 is 28.6 Å². The SMILES string of the molecule is CCOC(=O)c1cc2c(=O)n3ccccc3nc2n(C(C)C)c1=NC(=O)c1cccc(C)c1. The van der Waals surface area contributed by atoms with Crippen LogP contribution in [0.5, 0.6) is 0 Å². The molecule has 0 spiro atoms. The molecule has 0 saturated carbocycles. The number of esters is 1. The summed E-state index contributed by atoms with van der Waals surface area (Å²) in [6.07, 6.45) is 1.62. The Morgan fingerprint density at radius 3 is 2.61 bits per heavy atom. The maximum atomic E-state index is 13.2. The number of amides is 1. The van der Waals surface area contributed by atoms with Crippen LogP contribution in [0.15, 0.2) is 64.5 Å². The fourth-order valence-corrected chi connectivity index (χ4v) is 3.74. The third-order valence-corrected chi connectivity index (χ3v) is 5.22. The summed E-state index contributed by atoms with van der Waals surface area (Å²) >= 11 is 0. The number of carbonyl (C=O) groups is 2. The first-order valence-corrected chi connectivity index (χ1v) is 10.7. The number of rotatable bonds is 4. The van der Waals surface area contributed by atoms with Crippen LogP contribution >= 0.6 is 0 Å². The number of hydrogen-bond donors (Lipinski definition) is 0. The molecule has 3 aromatic heterocycles. The van der Waals surface area contributed by atoms with Gasteiger partial charge in [0.05, 0.1) is 12.0 Å². The number of aromatic nitrogens is 3. The molecule has 1 aromatic carbocycles. The number of hydrogen-bond acceptors (Lipinski definition) is 5. The molecule has 168 valence electrons. The number of aryl methyl sites for hydroxylation is 1. The van der Waals surface area contributed by atoms with Gasteiger partial charge < -0.3 is 9.30 Å². The Hall–Kier alpha value is -4.07. The van der Waals surface area contributed by atoms with Gasteiger partial charge in [-0.1, -0.05) is 23.8 Å². The largest absolute Gasteiger partial charge is 0.462 e. The molecule has 4 rings (SSSR count). The monoisotopic (exact) mass is 444 g/mol. The summed E-state index contributed by atoms with van der Waals surface area (Å²) in [5.41, 5.74) is 1.91. The van der Waals surface area contributed by atoms with Crippen LogP contribution in [0.1, 0.15) is 53.1 Å². The molecule has 0 aliphatic carbocycles. The van der Waals surface area contributed by atoms with E-state index in [9.17, 15) is 14.4 Å². The third kappa shape index (κ3) is 4.07. The Morgan fingerprint density at radius 1 is 1.12 bits per heavy atom. The van der Waals surface area contributed by atoms with Crippen molar-refractivity contribution in [2.45, 2.75) is 33.7 Å². The van der Waals surface area contributed by atoms with E-state index in [1.807, 2.05) is 26.8 Å². The number of fused-ring (bicyclic) bond motifs is 2. The van der Waals surface area contributed by atoms with E-state index in [-0.39, 0.29) is 34.6 Å². The van der Waals surface area contributed by atoms with Crippen molar-refractivity contribution in [3.05, 3.63) is 87.3 Å². The first-order chi connectivity index (χ1) is 15.8. The van der Waals surface area contributed by atoms with Gasteiger partial charge in [0.1, 0.15) is 16.9 Å². The van der Waals surface area contributed by atoms with E-state index in [2.05, 4.69) is 9.98 Å². The van der Waals surface area contributed by atoms with Crippen LogP contribution in [0.4, 0.5) is 0 Å². The molecule has 0 aliphatic heterocycles. The first kappa shape index (κ1) is 22.1. The van der Waals surface area contributed by atoms with Crippen LogP contribution in [-0.2, 0) is 4.74 Å². The van der Waals surface area contributed by atoms with E-state index in [0.717, 1.165) is 5.56 Å². The lowest BCUT2D eigenvalue weighted by Crippen LogP contribution is -2.33. The maximum Gasteiger partial charge on any atom is 0.341 e. The van der Waals surface area contributed by atoms with Crippen LogP contribution in [-0.4, -0.2) is 32.4 Å². The van der Waals surface area contributed by atoms with Gasteiger partial charge in [-0.3, -0.25) is 14.0 Å². The molecule has 0 unspecified atom stereocenters. The zero-order valence-electron chi connectivity index (χ0n) is 18.9. The molecule has 0 fully saturated rings. The van der Waals surface area contributed by atoms with Gasteiger partial charge in [0.25, 0.3) is 11.5 Å². The zero-order chi connectivity index (χ0) is 23.7. The standard InChI is InChI=1S/C25H24N4O4/c1-5-33-25(32)19-14-18-21(26-20-11-6-7-12-28(20)24(18)31)29(15(2)3)22(19)27-23(30)17-10-8-9-16(4)13-17/h6-15H,5H2,1-4H3. The zero-order valence-corrected chi connectivity index (χ0v) is 18.9. The van der Waals surface area contributed by atoms with Crippen molar-refractivity contribution in [1.82, 2.24) is 14.0 Å². The lowest BCUT2D eigenvalue weighted by Gasteiger charge is -2.17. The number of pyridine rings is 2. The molecular formula is C25H24N4O4. The van der Waals surface area contributed by atoms with E-state index in [1.165, 1.54) is 10.5 Å². The number of ether oxygens (including phenoxy) is 1. The van der Waals surface area contributed by atoms with Crippen molar-refractivity contribution < 1.29 is 14.3 Å². The smallest absolute Gasteiger partial charge is 0.341 e. The van der Waals surface area contributed by atoms with E-state index in [0.29, 0.717) is 16.9 Å². The van der Waals surface area contributed by atoms with E-state index in [4.69, 9.17) is 4.74 Å². The molecule has 4 aromatic rings. The molecule has 0 N–H and O–H groups in total. The van der Waals surface area contributed by atoms with Gasteiger partial charge in [-0.25, -0.2) is 9.78 Å². The predicted octanol–water partition coefficient (Wildman–Crippen LogP) is 3.46. The molecule has 0 aliphatic rings. The molecule has 0 saturated heterocycles. The fourth-order valence-electron chi connectivity index (χ4n) is 3.74. The predicted molar refractivity (Wildman–Crippen MR) is 124 cm³/mol. The first-order valence-electron chi connectivity index (χ1n) is 10.7. The van der Waals surface area contributed by atoms with Crippen molar-refractivity contribution in [3.63, 3.8) is 0 Å². The van der Waals surface area contributed by atoms with Gasteiger partial charge >= 0.3 is 5.97 Å². The second-order valence-electron chi connectivity index (χ2n) is 7.94. The minimum Gasteiger partial charge on any atom is -0.462 e. The molecule has 8 nitrogen and oxygen atoms in total. The maximum absolute atomic E-state index is 13.2. The van der Waals surface area contributed by atoms with Crippen LogP contribution in [0, 0.1) is 6.92 Å². The molecule has 1 amide bonds. The summed E-state index contributed by atoms with van der Waals surface area (Å²) in [7, 11) is 0. The van der Waals surface area contributed by atoms with Gasteiger partial charge in [0.2, 0.25) is 0 Å². The summed E-state index contributed by atoms with van der Waals surface area (Å²) in [4.78, 5) is 48.2.